The molecule has 174 valence electrons. The smallest absolute Gasteiger partial charge is 0.292 e. The SMILES string of the molecule is CC(C)n1ncc2c(C(=O)N3CCN(c4ccccc4[N+](=O)[O-])CC3)cc(-c3ccco3)nc21. The molecule has 0 radical (unpaired) electrons. The van der Waals surface area contributed by atoms with E-state index in [-0.39, 0.29) is 22.6 Å². The zero-order valence-electron chi connectivity index (χ0n) is 18.9. The molecule has 0 atom stereocenters. The van der Waals surface area contributed by atoms with Gasteiger partial charge in [0.05, 0.1) is 28.3 Å². The highest BCUT2D eigenvalue weighted by molar-refractivity contribution is 6.06. The maximum Gasteiger partial charge on any atom is 0.292 e. The van der Waals surface area contributed by atoms with E-state index in [1.54, 1.807) is 52.4 Å². The quantitative estimate of drug-likeness (QED) is 0.325. The number of piperazine rings is 1. The lowest BCUT2D eigenvalue weighted by Gasteiger charge is -2.36. The number of nitro groups is 1. The van der Waals surface area contributed by atoms with Gasteiger partial charge in [0.2, 0.25) is 0 Å². The molecule has 1 fully saturated rings. The monoisotopic (exact) mass is 460 g/mol. The largest absolute Gasteiger partial charge is 0.463 e. The number of rotatable bonds is 5. The molecule has 1 saturated heterocycles. The van der Waals surface area contributed by atoms with E-state index < -0.39 is 0 Å². The maximum atomic E-state index is 13.6. The molecule has 3 aromatic heterocycles. The van der Waals surface area contributed by atoms with Gasteiger partial charge in [-0.25, -0.2) is 9.67 Å². The second kappa shape index (κ2) is 8.62. The zero-order chi connectivity index (χ0) is 23.8. The van der Waals surface area contributed by atoms with Gasteiger partial charge in [-0.05, 0) is 38.1 Å². The molecule has 0 N–H and O–H groups in total. The van der Waals surface area contributed by atoms with E-state index in [4.69, 9.17) is 9.40 Å². The number of nitro benzene ring substituents is 1. The van der Waals surface area contributed by atoms with Crippen molar-refractivity contribution < 1.29 is 14.1 Å². The molecule has 1 aliphatic rings. The highest BCUT2D eigenvalue weighted by Crippen LogP contribution is 2.30. The first-order valence-corrected chi connectivity index (χ1v) is 11.1. The molecule has 1 aliphatic heterocycles. The van der Waals surface area contributed by atoms with Crippen LogP contribution >= 0.6 is 0 Å². The molecule has 0 saturated carbocycles. The van der Waals surface area contributed by atoms with Gasteiger partial charge < -0.3 is 14.2 Å². The van der Waals surface area contributed by atoms with Crippen molar-refractivity contribution in [1.82, 2.24) is 19.7 Å². The lowest BCUT2D eigenvalue weighted by Crippen LogP contribution is -2.49. The van der Waals surface area contributed by atoms with Crippen molar-refractivity contribution in [3.05, 3.63) is 70.6 Å². The van der Waals surface area contributed by atoms with E-state index in [9.17, 15) is 14.9 Å². The van der Waals surface area contributed by atoms with E-state index in [1.807, 2.05) is 24.8 Å². The van der Waals surface area contributed by atoms with Crippen molar-refractivity contribution >= 4 is 28.3 Å². The van der Waals surface area contributed by atoms with Crippen molar-refractivity contribution in [3.8, 4) is 11.5 Å². The Morgan fingerprint density at radius 2 is 1.88 bits per heavy atom. The van der Waals surface area contributed by atoms with Gasteiger partial charge in [-0.1, -0.05) is 12.1 Å². The fourth-order valence-corrected chi connectivity index (χ4v) is 4.33. The van der Waals surface area contributed by atoms with E-state index in [0.29, 0.717) is 59.9 Å². The second-order valence-corrected chi connectivity index (χ2v) is 8.48. The standard InChI is InChI=1S/C24H24N6O4/c1-16(2)29-23-18(15-25-29)17(14-19(26-23)22-8-5-13-34-22)24(31)28-11-9-27(10-12-28)20-6-3-4-7-21(20)30(32)33/h3-8,13-16H,9-12H2,1-2H3. The minimum atomic E-state index is -0.372. The molecule has 4 heterocycles. The van der Waals surface area contributed by atoms with Gasteiger partial charge in [-0.15, -0.1) is 0 Å². The number of pyridine rings is 1. The van der Waals surface area contributed by atoms with Crippen LogP contribution in [-0.2, 0) is 0 Å². The Labute approximate surface area is 195 Å². The molecular formula is C24H24N6O4. The van der Waals surface area contributed by atoms with Crippen LogP contribution < -0.4 is 4.90 Å². The second-order valence-electron chi connectivity index (χ2n) is 8.48. The summed E-state index contributed by atoms with van der Waals surface area (Å²) < 4.78 is 7.34. The molecule has 5 rings (SSSR count). The average molecular weight is 460 g/mol. The van der Waals surface area contributed by atoms with Crippen LogP contribution in [0.2, 0.25) is 0 Å². The van der Waals surface area contributed by atoms with Gasteiger partial charge in [0.15, 0.2) is 11.4 Å². The summed E-state index contributed by atoms with van der Waals surface area (Å²) in [4.78, 5) is 33.1. The highest BCUT2D eigenvalue weighted by Gasteiger charge is 2.28. The number of para-hydroxylation sites is 2. The fourth-order valence-electron chi connectivity index (χ4n) is 4.33. The summed E-state index contributed by atoms with van der Waals surface area (Å²) in [6.45, 7) is 5.92. The molecule has 10 nitrogen and oxygen atoms in total. The van der Waals surface area contributed by atoms with E-state index in [2.05, 4.69) is 5.10 Å². The Hall–Kier alpha value is -4.21. The van der Waals surface area contributed by atoms with Crippen LogP contribution in [0.3, 0.4) is 0 Å². The van der Waals surface area contributed by atoms with Crippen LogP contribution in [0.4, 0.5) is 11.4 Å². The molecule has 10 heteroatoms. The molecule has 0 aliphatic carbocycles. The number of benzene rings is 1. The summed E-state index contributed by atoms with van der Waals surface area (Å²) in [5, 5.41) is 16.6. The number of carbonyl (C=O) groups excluding carboxylic acids is 1. The number of furan rings is 1. The number of anilines is 1. The first-order valence-electron chi connectivity index (χ1n) is 11.1. The summed E-state index contributed by atoms with van der Waals surface area (Å²) in [7, 11) is 0. The molecule has 34 heavy (non-hydrogen) atoms. The molecule has 0 bridgehead atoms. The lowest BCUT2D eigenvalue weighted by molar-refractivity contribution is -0.384. The number of aromatic nitrogens is 3. The Balaban J connectivity index is 1.45. The summed E-state index contributed by atoms with van der Waals surface area (Å²) >= 11 is 0. The van der Waals surface area contributed by atoms with Crippen LogP contribution in [-0.4, -0.2) is 56.7 Å². The third-order valence-corrected chi connectivity index (χ3v) is 6.05. The summed E-state index contributed by atoms with van der Waals surface area (Å²) in [6.07, 6.45) is 3.26. The summed E-state index contributed by atoms with van der Waals surface area (Å²) in [5.74, 6) is 0.458. The summed E-state index contributed by atoms with van der Waals surface area (Å²) in [5.41, 5.74) is 2.36. The molecule has 0 spiro atoms. The van der Waals surface area contributed by atoms with E-state index in [0.717, 1.165) is 0 Å². The van der Waals surface area contributed by atoms with Crippen LogP contribution in [0.15, 0.2) is 59.3 Å². The number of hydrogen-bond acceptors (Lipinski definition) is 7. The number of amides is 1. The van der Waals surface area contributed by atoms with Crippen molar-refractivity contribution in [3.63, 3.8) is 0 Å². The minimum absolute atomic E-state index is 0.0716. The van der Waals surface area contributed by atoms with Gasteiger partial charge in [0.25, 0.3) is 11.6 Å². The molecule has 1 aromatic carbocycles. The third-order valence-electron chi connectivity index (χ3n) is 6.05. The topological polar surface area (TPSA) is 111 Å². The van der Waals surface area contributed by atoms with Crippen molar-refractivity contribution in [2.45, 2.75) is 19.9 Å². The number of hydrogen-bond donors (Lipinski definition) is 0. The van der Waals surface area contributed by atoms with Gasteiger partial charge in [0, 0.05) is 38.3 Å². The predicted octanol–water partition coefficient (Wildman–Crippen LogP) is 4.14. The van der Waals surface area contributed by atoms with Crippen LogP contribution in [0.5, 0.6) is 0 Å². The van der Waals surface area contributed by atoms with Gasteiger partial charge in [-0.2, -0.15) is 5.10 Å². The Morgan fingerprint density at radius 1 is 1.12 bits per heavy atom. The number of fused-ring (bicyclic) bond motifs is 1. The fraction of sp³-hybridized carbons (Fsp3) is 0.292. The number of carbonyl (C=O) groups is 1. The van der Waals surface area contributed by atoms with Crippen LogP contribution in [0.25, 0.3) is 22.5 Å². The van der Waals surface area contributed by atoms with E-state index in [1.165, 1.54) is 6.07 Å². The predicted molar refractivity (Wildman–Crippen MR) is 127 cm³/mol. The Morgan fingerprint density at radius 3 is 2.56 bits per heavy atom. The minimum Gasteiger partial charge on any atom is -0.463 e. The van der Waals surface area contributed by atoms with Gasteiger partial charge in [0.1, 0.15) is 11.4 Å². The molecule has 4 aromatic rings. The lowest BCUT2D eigenvalue weighted by atomic mass is 10.1. The normalized spacial score (nSPS) is 14.2. The summed E-state index contributed by atoms with van der Waals surface area (Å²) in [6, 6.07) is 12.1. The maximum absolute atomic E-state index is 13.6. The van der Waals surface area contributed by atoms with Gasteiger partial charge >= 0.3 is 0 Å². The molecule has 1 amide bonds. The Bertz CT molecular complexity index is 1350. The van der Waals surface area contributed by atoms with Crippen molar-refractivity contribution in [1.29, 1.82) is 0 Å². The van der Waals surface area contributed by atoms with Gasteiger partial charge in [-0.3, -0.25) is 14.9 Å². The number of nitrogens with zero attached hydrogens (tertiary/aromatic N) is 6. The molecular weight excluding hydrogens is 436 g/mol. The Kier molecular flexibility index (Phi) is 5.48. The highest BCUT2D eigenvalue weighted by atomic mass is 16.6. The average Bonchev–Trinajstić information content (AvgIpc) is 3.53. The molecule has 0 unspecified atom stereocenters. The van der Waals surface area contributed by atoms with Crippen LogP contribution in [0, 0.1) is 10.1 Å². The first-order chi connectivity index (χ1) is 16.4. The van der Waals surface area contributed by atoms with Crippen molar-refractivity contribution in [2.24, 2.45) is 0 Å². The van der Waals surface area contributed by atoms with Crippen molar-refractivity contribution in [2.75, 3.05) is 31.1 Å². The third kappa shape index (κ3) is 3.76. The van der Waals surface area contributed by atoms with Crippen LogP contribution in [0.1, 0.15) is 30.2 Å². The zero-order valence-corrected chi connectivity index (χ0v) is 18.9. The van der Waals surface area contributed by atoms with E-state index >= 15 is 0 Å². The first kappa shape index (κ1) is 21.6.